The van der Waals surface area contributed by atoms with Gasteiger partial charge >= 0.3 is 13.1 Å². The van der Waals surface area contributed by atoms with E-state index >= 15 is 0 Å². The maximum atomic E-state index is 12.2. The first kappa shape index (κ1) is 23.0. The Morgan fingerprint density at radius 1 is 0.828 bits per heavy atom. The average Bonchev–Trinajstić information content (AvgIpc) is 2.92. The molecule has 1 heterocycles. The third kappa shape index (κ3) is 5.64. The van der Waals surface area contributed by atoms with Crippen molar-refractivity contribution in [2.24, 2.45) is 0 Å². The maximum Gasteiger partial charge on any atom is 0.494 e. The van der Waals surface area contributed by atoms with Gasteiger partial charge in [0.2, 0.25) is 0 Å². The zero-order valence-corrected chi connectivity index (χ0v) is 18.5. The first-order valence-corrected chi connectivity index (χ1v) is 10.1. The van der Waals surface area contributed by atoms with E-state index in [1.54, 1.807) is 0 Å². The Labute approximate surface area is 176 Å². The van der Waals surface area contributed by atoms with Crippen molar-refractivity contribution < 1.29 is 14.1 Å². The lowest BCUT2D eigenvalue weighted by atomic mass is 9.73. The molecule has 2 aromatic carbocycles. The molecule has 0 bridgehead atoms. The molecule has 1 aliphatic heterocycles. The number of rotatable bonds is 4. The van der Waals surface area contributed by atoms with E-state index < -0.39 is 7.12 Å². The summed E-state index contributed by atoms with van der Waals surface area (Å²) in [5, 5.41) is 5.65. The molecule has 0 spiro atoms. The summed E-state index contributed by atoms with van der Waals surface area (Å²) >= 11 is 0. The second-order valence-electron chi connectivity index (χ2n) is 7.70. The Hall–Kier alpha value is -2.24. The summed E-state index contributed by atoms with van der Waals surface area (Å²) in [6, 6.07) is 14.9. The minimum absolute atomic E-state index is 0.286. The molecule has 0 atom stereocenters. The first-order valence-electron chi connectivity index (χ1n) is 10.1. The van der Waals surface area contributed by atoms with Gasteiger partial charge in [0.1, 0.15) is 7.28 Å². The Balaban J connectivity index is 0.00000145. The van der Waals surface area contributed by atoms with Crippen molar-refractivity contribution >= 4 is 42.7 Å². The van der Waals surface area contributed by atoms with Crippen LogP contribution in [0.2, 0.25) is 6.82 Å². The van der Waals surface area contributed by atoms with Gasteiger partial charge in [-0.2, -0.15) is 0 Å². The Morgan fingerprint density at radius 3 is 1.66 bits per heavy atom. The largest absolute Gasteiger partial charge is 0.494 e. The van der Waals surface area contributed by atoms with Gasteiger partial charge in [0.25, 0.3) is 0 Å². The van der Waals surface area contributed by atoms with Crippen LogP contribution in [0.3, 0.4) is 0 Å². The normalized spacial score (nSPS) is 16.4. The van der Waals surface area contributed by atoms with E-state index in [0.29, 0.717) is 5.69 Å². The Kier molecular flexibility index (Phi) is 7.55. The van der Waals surface area contributed by atoms with Crippen LogP contribution in [0.25, 0.3) is 0 Å². The van der Waals surface area contributed by atoms with Crippen LogP contribution in [-0.2, 0) is 9.31 Å². The Morgan fingerprint density at radius 2 is 1.24 bits per heavy atom. The summed E-state index contributed by atoms with van der Waals surface area (Å²) in [4.78, 5) is 12.2. The lowest BCUT2D eigenvalue weighted by molar-refractivity contribution is 0.00578. The number of hydrogen-bond donors (Lipinski definition) is 2. The highest BCUT2D eigenvalue weighted by Gasteiger charge is 2.51. The van der Waals surface area contributed by atoms with Crippen LogP contribution >= 0.6 is 0 Å². The molecule has 7 heteroatoms. The van der Waals surface area contributed by atoms with Crippen molar-refractivity contribution in [3.05, 3.63) is 48.5 Å². The van der Waals surface area contributed by atoms with Crippen LogP contribution in [0.4, 0.5) is 16.2 Å². The molecule has 0 aliphatic carbocycles. The minimum Gasteiger partial charge on any atom is -0.399 e. The van der Waals surface area contributed by atoms with E-state index in [0.717, 1.165) is 16.6 Å². The molecular weight excluding hydrogens is 362 g/mol. The molecule has 2 amide bonds. The molecule has 1 fully saturated rings. The number of hydrogen-bond acceptors (Lipinski definition) is 3. The predicted molar refractivity (Wildman–Crippen MR) is 124 cm³/mol. The van der Waals surface area contributed by atoms with Gasteiger partial charge in [-0.05, 0) is 57.4 Å². The molecule has 0 saturated carbocycles. The summed E-state index contributed by atoms with van der Waals surface area (Å²) in [6.07, 6.45) is 0. The van der Waals surface area contributed by atoms with Gasteiger partial charge in [-0.25, -0.2) is 4.79 Å². The summed E-state index contributed by atoms with van der Waals surface area (Å²) in [5.74, 6) is 0. The number of carbonyl (C=O) groups is 1. The van der Waals surface area contributed by atoms with Crippen molar-refractivity contribution in [2.75, 3.05) is 10.6 Å². The van der Waals surface area contributed by atoms with Crippen molar-refractivity contribution in [1.29, 1.82) is 0 Å². The molecule has 3 rings (SSSR count). The van der Waals surface area contributed by atoms with Gasteiger partial charge in [0, 0.05) is 11.4 Å². The number of carbonyl (C=O) groups excluding carboxylic acids is 1. The van der Waals surface area contributed by atoms with Crippen LogP contribution in [-0.4, -0.2) is 31.6 Å². The third-order valence-corrected chi connectivity index (χ3v) is 5.20. The minimum atomic E-state index is -0.410. The molecule has 0 unspecified atom stereocenters. The summed E-state index contributed by atoms with van der Waals surface area (Å²) in [7, 11) is 1.59. The number of urea groups is 1. The molecule has 29 heavy (non-hydrogen) atoms. The van der Waals surface area contributed by atoms with Gasteiger partial charge in [0.15, 0.2) is 0 Å². The van der Waals surface area contributed by atoms with Crippen molar-refractivity contribution in [3.63, 3.8) is 0 Å². The van der Waals surface area contributed by atoms with E-state index in [1.165, 1.54) is 0 Å². The number of benzene rings is 2. The fraction of sp³-hybridized carbons (Fsp3) is 0.409. The summed E-state index contributed by atoms with van der Waals surface area (Å²) in [6.45, 7) is 14.1. The Bertz CT molecular complexity index is 790. The lowest BCUT2D eigenvalue weighted by Crippen LogP contribution is -2.41. The first-order chi connectivity index (χ1) is 13.7. The van der Waals surface area contributed by atoms with Crippen LogP contribution in [0.5, 0.6) is 0 Å². The van der Waals surface area contributed by atoms with Crippen LogP contribution in [0.15, 0.2) is 48.5 Å². The SMILES string of the molecule is CC.C[B]c1ccc(NC(=O)Nc2ccc(B3OC(C)(C)C(C)(C)O3)cc2)cc1. The molecule has 1 aliphatic rings. The average molecular weight is 393 g/mol. The van der Waals surface area contributed by atoms with Crippen LogP contribution in [0, 0.1) is 0 Å². The monoisotopic (exact) mass is 393 g/mol. The highest BCUT2D eigenvalue weighted by atomic mass is 16.7. The number of nitrogens with one attached hydrogen (secondary N) is 2. The molecule has 0 aromatic heterocycles. The fourth-order valence-corrected chi connectivity index (χ4v) is 2.76. The van der Waals surface area contributed by atoms with E-state index in [2.05, 4.69) is 10.6 Å². The van der Waals surface area contributed by atoms with Gasteiger partial charge in [0.05, 0.1) is 11.2 Å². The molecule has 5 nitrogen and oxygen atoms in total. The zero-order valence-electron chi connectivity index (χ0n) is 18.5. The van der Waals surface area contributed by atoms with E-state index in [-0.39, 0.29) is 17.2 Å². The summed E-state index contributed by atoms with van der Waals surface area (Å²) in [5.41, 5.74) is 2.72. The zero-order chi connectivity index (χ0) is 21.7. The standard InChI is InChI=1S/C20H25B2N2O3.C2H6/c1-19(2)20(3,4)27-22(26-19)15-8-12-17(13-9-15)24-18(25)23-16-10-6-14(21-5)7-11-16;1-2/h6-13H,1-5H3,(H2,23,24,25);1-2H3. The smallest absolute Gasteiger partial charge is 0.399 e. The molecule has 1 radical (unpaired) electrons. The molecule has 1 saturated heterocycles. The molecule has 2 aromatic rings. The third-order valence-electron chi connectivity index (χ3n) is 5.20. The van der Waals surface area contributed by atoms with Crippen molar-refractivity contribution in [2.45, 2.75) is 59.6 Å². The van der Waals surface area contributed by atoms with Crippen molar-refractivity contribution in [1.82, 2.24) is 0 Å². The van der Waals surface area contributed by atoms with Gasteiger partial charge in [-0.1, -0.05) is 50.4 Å². The predicted octanol–water partition coefficient (Wildman–Crippen LogP) is 4.03. The van der Waals surface area contributed by atoms with E-state index in [1.807, 2.05) is 104 Å². The van der Waals surface area contributed by atoms with Gasteiger partial charge in [-0.3, -0.25) is 0 Å². The van der Waals surface area contributed by atoms with Crippen molar-refractivity contribution in [3.8, 4) is 0 Å². The van der Waals surface area contributed by atoms with Crippen LogP contribution < -0.4 is 21.6 Å². The molecule has 2 N–H and O–H groups in total. The highest BCUT2D eigenvalue weighted by Crippen LogP contribution is 2.36. The number of anilines is 2. The lowest BCUT2D eigenvalue weighted by Gasteiger charge is -2.32. The van der Waals surface area contributed by atoms with Crippen LogP contribution in [0.1, 0.15) is 41.5 Å². The quantitative estimate of drug-likeness (QED) is 0.772. The second-order valence-corrected chi connectivity index (χ2v) is 7.70. The molecule has 153 valence electrons. The maximum absolute atomic E-state index is 12.2. The second kappa shape index (κ2) is 9.51. The molecular formula is C22H31B2N2O3. The number of amides is 2. The van der Waals surface area contributed by atoms with Gasteiger partial charge < -0.3 is 19.9 Å². The topological polar surface area (TPSA) is 59.6 Å². The van der Waals surface area contributed by atoms with Gasteiger partial charge in [-0.15, -0.1) is 0 Å². The highest BCUT2D eigenvalue weighted by molar-refractivity contribution is 6.62. The fourth-order valence-electron chi connectivity index (χ4n) is 2.76. The summed E-state index contributed by atoms with van der Waals surface area (Å²) < 4.78 is 12.1. The van der Waals surface area contributed by atoms with E-state index in [9.17, 15) is 4.79 Å². The van der Waals surface area contributed by atoms with E-state index in [4.69, 9.17) is 9.31 Å².